The average Bonchev–Trinajstić information content (AvgIpc) is 3.09. The summed E-state index contributed by atoms with van der Waals surface area (Å²) in [6, 6.07) is 0. The predicted molar refractivity (Wildman–Crippen MR) is 127 cm³/mol. The molecule has 0 aromatic carbocycles. The minimum absolute atomic E-state index is 0.319. The van der Waals surface area contributed by atoms with E-state index in [4.69, 9.17) is 14.2 Å². The van der Waals surface area contributed by atoms with E-state index in [2.05, 4.69) is 39.5 Å². The Balaban J connectivity index is 1.49. The maximum atomic E-state index is 5.98. The van der Waals surface area contributed by atoms with Gasteiger partial charge < -0.3 is 14.2 Å². The molecule has 174 valence electrons. The smallest absolute Gasteiger partial charge is 0.146 e. The molecule has 0 heterocycles. The number of hydrogen-bond acceptors (Lipinski definition) is 3. The van der Waals surface area contributed by atoms with Crippen LogP contribution in [0.3, 0.4) is 0 Å². The van der Waals surface area contributed by atoms with Gasteiger partial charge in [0.05, 0.1) is 12.7 Å². The van der Waals surface area contributed by atoms with Crippen molar-refractivity contribution in [2.45, 2.75) is 78.7 Å². The van der Waals surface area contributed by atoms with Crippen molar-refractivity contribution < 1.29 is 14.2 Å². The van der Waals surface area contributed by atoms with Crippen molar-refractivity contribution in [3.63, 3.8) is 0 Å². The molecule has 0 bridgehead atoms. The molecule has 3 saturated carbocycles. The van der Waals surface area contributed by atoms with Gasteiger partial charge in [0.1, 0.15) is 6.79 Å². The van der Waals surface area contributed by atoms with E-state index in [1.54, 1.807) is 18.3 Å². The van der Waals surface area contributed by atoms with E-state index in [-0.39, 0.29) is 0 Å². The van der Waals surface area contributed by atoms with Crippen LogP contribution in [0.2, 0.25) is 0 Å². The predicted octanol–water partition coefficient (Wildman–Crippen LogP) is 6.70. The van der Waals surface area contributed by atoms with Crippen LogP contribution in [0.1, 0.15) is 72.6 Å². The molecule has 0 aliphatic heterocycles. The van der Waals surface area contributed by atoms with E-state index in [0.29, 0.717) is 36.3 Å². The molecule has 0 spiro atoms. The summed E-state index contributed by atoms with van der Waals surface area (Å²) < 4.78 is 17.1. The third-order valence-corrected chi connectivity index (χ3v) is 9.44. The van der Waals surface area contributed by atoms with Crippen molar-refractivity contribution in [2.75, 3.05) is 27.1 Å². The third kappa shape index (κ3) is 4.23. The van der Waals surface area contributed by atoms with Crippen LogP contribution in [0.25, 0.3) is 0 Å². The number of methoxy groups -OCH3 is 1. The summed E-state index contributed by atoms with van der Waals surface area (Å²) in [6.45, 7) is 15.6. The lowest BCUT2D eigenvalue weighted by Crippen LogP contribution is -2.47. The largest absolute Gasteiger partial charge is 0.377 e. The Bertz CT molecular complexity index is 737. The first-order valence-electron chi connectivity index (χ1n) is 12.5. The number of hydrogen-bond donors (Lipinski definition) is 0. The molecule has 0 amide bonds. The van der Waals surface area contributed by atoms with Crippen LogP contribution in [0.4, 0.5) is 0 Å². The monoisotopic (exact) mass is 428 g/mol. The highest BCUT2D eigenvalue weighted by molar-refractivity contribution is 5.38. The SMILES string of the molecule is C=C(C)COC[C@@H](C)C1CC[C@H]2C3=CC=C4CC(OCOC)CC[C@]4(C)C3CC[C@]12C. The summed E-state index contributed by atoms with van der Waals surface area (Å²) in [5.74, 6) is 2.85. The van der Waals surface area contributed by atoms with Crippen LogP contribution >= 0.6 is 0 Å². The van der Waals surface area contributed by atoms with Crippen molar-refractivity contribution in [1.29, 1.82) is 0 Å². The van der Waals surface area contributed by atoms with Crippen LogP contribution in [-0.4, -0.2) is 33.2 Å². The zero-order valence-corrected chi connectivity index (χ0v) is 20.5. The standard InChI is InChI=1S/C28H44O3/c1-19(2)16-30-17-20(3)24-9-10-25-23-8-7-21-15-22(31-18-29-6)11-13-27(21,4)26(23)12-14-28(24,25)5/h7-8,20,22,24-26H,1,9-18H2,2-6H3/t20-,22?,24?,25+,26?,27+,28-/m1/s1. The Labute approximate surface area is 190 Å². The van der Waals surface area contributed by atoms with Crippen LogP contribution in [-0.2, 0) is 14.2 Å². The molecule has 3 nitrogen and oxygen atoms in total. The summed E-state index contributed by atoms with van der Waals surface area (Å²) in [6.07, 6.45) is 14.2. The van der Waals surface area contributed by atoms with E-state index >= 15 is 0 Å². The minimum atomic E-state index is 0.319. The van der Waals surface area contributed by atoms with Gasteiger partial charge in [0.2, 0.25) is 0 Å². The molecule has 4 aliphatic rings. The van der Waals surface area contributed by atoms with E-state index in [1.165, 1.54) is 32.1 Å². The topological polar surface area (TPSA) is 27.7 Å². The van der Waals surface area contributed by atoms with Crippen LogP contribution in [0, 0.1) is 34.5 Å². The van der Waals surface area contributed by atoms with E-state index < -0.39 is 0 Å². The summed E-state index contributed by atoms with van der Waals surface area (Å²) >= 11 is 0. The summed E-state index contributed by atoms with van der Waals surface area (Å²) in [5.41, 5.74) is 5.26. The number of allylic oxidation sites excluding steroid dienone is 3. The lowest BCUT2D eigenvalue weighted by molar-refractivity contribution is -0.0866. The summed E-state index contributed by atoms with van der Waals surface area (Å²) in [7, 11) is 1.71. The fraction of sp³-hybridized carbons (Fsp3) is 0.786. The van der Waals surface area contributed by atoms with Crippen molar-refractivity contribution >= 4 is 0 Å². The van der Waals surface area contributed by atoms with Gasteiger partial charge in [-0.3, -0.25) is 0 Å². The lowest BCUT2D eigenvalue weighted by atomic mass is 9.50. The van der Waals surface area contributed by atoms with E-state index in [9.17, 15) is 0 Å². The van der Waals surface area contributed by atoms with Crippen LogP contribution < -0.4 is 0 Å². The normalized spacial score (nSPS) is 40.3. The Kier molecular flexibility index (Phi) is 6.87. The Hall–Kier alpha value is -0.900. The highest BCUT2D eigenvalue weighted by Crippen LogP contribution is 2.65. The molecule has 7 atom stereocenters. The Morgan fingerprint density at radius 2 is 1.94 bits per heavy atom. The third-order valence-electron chi connectivity index (χ3n) is 9.44. The van der Waals surface area contributed by atoms with E-state index in [1.807, 2.05) is 6.92 Å². The van der Waals surface area contributed by atoms with Gasteiger partial charge in [-0.05, 0) is 86.4 Å². The first-order chi connectivity index (χ1) is 14.8. The molecule has 3 heteroatoms. The highest BCUT2D eigenvalue weighted by atomic mass is 16.7. The van der Waals surface area contributed by atoms with Gasteiger partial charge in [-0.15, -0.1) is 0 Å². The molecule has 0 saturated heterocycles. The van der Waals surface area contributed by atoms with Crippen molar-refractivity contribution in [1.82, 2.24) is 0 Å². The first kappa shape index (κ1) is 23.3. The Morgan fingerprint density at radius 3 is 2.68 bits per heavy atom. The van der Waals surface area contributed by atoms with Gasteiger partial charge in [-0.2, -0.15) is 0 Å². The van der Waals surface area contributed by atoms with Crippen molar-refractivity contribution in [2.24, 2.45) is 34.5 Å². The molecule has 0 radical (unpaired) electrons. The van der Waals surface area contributed by atoms with Crippen molar-refractivity contribution in [3.05, 3.63) is 35.5 Å². The fourth-order valence-corrected chi connectivity index (χ4v) is 7.79. The molecule has 3 unspecified atom stereocenters. The van der Waals surface area contributed by atoms with E-state index in [0.717, 1.165) is 42.8 Å². The van der Waals surface area contributed by atoms with Gasteiger partial charge in [0, 0.05) is 13.7 Å². The molecule has 4 aliphatic carbocycles. The van der Waals surface area contributed by atoms with Gasteiger partial charge in [-0.1, -0.05) is 56.2 Å². The Morgan fingerprint density at radius 1 is 1.13 bits per heavy atom. The fourth-order valence-electron chi connectivity index (χ4n) is 7.79. The van der Waals surface area contributed by atoms with Crippen molar-refractivity contribution in [3.8, 4) is 0 Å². The number of ether oxygens (including phenoxy) is 3. The molecule has 0 N–H and O–H groups in total. The lowest BCUT2D eigenvalue weighted by Gasteiger charge is -2.55. The average molecular weight is 429 g/mol. The summed E-state index contributed by atoms with van der Waals surface area (Å²) in [4.78, 5) is 0. The maximum absolute atomic E-state index is 5.98. The minimum Gasteiger partial charge on any atom is -0.377 e. The van der Waals surface area contributed by atoms with Crippen LogP contribution in [0.15, 0.2) is 35.5 Å². The molecule has 0 aromatic heterocycles. The van der Waals surface area contributed by atoms with Gasteiger partial charge in [0.15, 0.2) is 0 Å². The second-order valence-corrected chi connectivity index (χ2v) is 11.5. The number of rotatable bonds is 8. The van der Waals surface area contributed by atoms with Gasteiger partial charge in [0.25, 0.3) is 0 Å². The second kappa shape index (κ2) is 9.15. The number of fused-ring (bicyclic) bond motifs is 5. The van der Waals surface area contributed by atoms with Gasteiger partial charge in [-0.25, -0.2) is 0 Å². The highest BCUT2D eigenvalue weighted by Gasteiger charge is 2.57. The molecule has 0 aromatic rings. The maximum Gasteiger partial charge on any atom is 0.146 e. The van der Waals surface area contributed by atoms with Gasteiger partial charge >= 0.3 is 0 Å². The molecule has 3 fully saturated rings. The second-order valence-electron chi connectivity index (χ2n) is 11.5. The molecule has 31 heavy (non-hydrogen) atoms. The van der Waals surface area contributed by atoms with Crippen LogP contribution in [0.5, 0.6) is 0 Å². The summed E-state index contributed by atoms with van der Waals surface area (Å²) in [5, 5.41) is 0. The zero-order chi connectivity index (χ0) is 22.2. The quantitative estimate of drug-likeness (QED) is 0.318. The molecular weight excluding hydrogens is 384 g/mol. The zero-order valence-electron chi connectivity index (χ0n) is 20.5. The molecular formula is C28H44O3. The first-order valence-corrected chi connectivity index (χ1v) is 12.5. The molecule has 4 rings (SSSR count).